The molecule has 0 fully saturated rings. The van der Waals surface area contributed by atoms with Gasteiger partial charge < -0.3 is 0 Å². The molecule has 0 atom stereocenters. The second kappa shape index (κ2) is 6.28. The standard InChI is InChI=1S/C10H14O3SSe/c1-14(11,12)13-8-5-9-15-10-6-3-2-4-7-10/h2-4,6-7H,5,8-9H2,1H3. The Morgan fingerprint density at radius 3 is 2.53 bits per heavy atom. The third-order valence-corrected chi connectivity index (χ3v) is 4.50. The summed E-state index contributed by atoms with van der Waals surface area (Å²) in [5.74, 6) is 0. The van der Waals surface area contributed by atoms with Gasteiger partial charge in [-0.15, -0.1) is 0 Å². The van der Waals surface area contributed by atoms with Gasteiger partial charge in [0, 0.05) is 0 Å². The Bertz CT molecular complexity index is 375. The summed E-state index contributed by atoms with van der Waals surface area (Å²) in [4.78, 5) is 0. The summed E-state index contributed by atoms with van der Waals surface area (Å²) in [5.41, 5.74) is 0. The van der Waals surface area contributed by atoms with Gasteiger partial charge in [-0.25, -0.2) is 0 Å². The summed E-state index contributed by atoms with van der Waals surface area (Å²) in [7, 11) is -3.26. The normalized spacial score (nSPS) is 11.5. The van der Waals surface area contributed by atoms with Crippen molar-refractivity contribution in [2.24, 2.45) is 0 Å². The molecule has 0 radical (unpaired) electrons. The maximum absolute atomic E-state index is 10.6. The molecule has 0 spiro atoms. The van der Waals surface area contributed by atoms with Gasteiger partial charge in [0.1, 0.15) is 0 Å². The average molecular weight is 293 g/mol. The molecule has 0 aliphatic heterocycles. The molecule has 0 aliphatic rings. The Morgan fingerprint density at radius 1 is 1.27 bits per heavy atom. The summed E-state index contributed by atoms with van der Waals surface area (Å²) < 4.78 is 27.3. The van der Waals surface area contributed by atoms with Crippen LogP contribution in [0.4, 0.5) is 0 Å². The number of rotatable bonds is 6. The van der Waals surface area contributed by atoms with Gasteiger partial charge in [-0.1, -0.05) is 0 Å². The first-order valence-electron chi connectivity index (χ1n) is 4.60. The number of hydrogen-bond donors (Lipinski definition) is 0. The van der Waals surface area contributed by atoms with E-state index in [0.29, 0.717) is 21.6 Å². The van der Waals surface area contributed by atoms with E-state index in [1.807, 2.05) is 18.2 Å². The zero-order valence-electron chi connectivity index (χ0n) is 8.55. The molecule has 0 bridgehead atoms. The van der Waals surface area contributed by atoms with E-state index in [9.17, 15) is 8.42 Å². The molecule has 0 N–H and O–H groups in total. The Kier molecular flexibility index (Phi) is 5.32. The first kappa shape index (κ1) is 12.7. The fourth-order valence-electron chi connectivity index (χ4n) is 0.976. The molecule has 5 heteroatoms. The Morgan fingerprint density at radius 2 is 1.93 bits per heavy atom. The van der Waals surface area contributed by atoms with Gasteiger partial charge in [-0.05, 0) is 0 Å². The molecule has 0 heterocycles. The molecule has 0 saturated carbocycles. The minimum absolute atomic E-state index is 0.299. The van der Waals surface area contributed by atoms with Crippen molar-refractivity contribution in [3.8, 4) is 0 Å². The third kappa shape index (κ3) is 6.68. The van der Waals surface area contributed by atoms with Crippen molar-refractivity contribution < 1.29 is 12.6 Å². The van der Waals surface area contributed by atoms with E-state index in [4.69, 9.17) is 0 Å². The van der Waals surface area contributed by atoms with E-state index in [1.165, 1.54) is 4.46 Å². The molecule has 15 heavy (non-hydrogen) atoms. The van der Waals surface area contributed by atoms with Gasteiger partial charge in [0.15, 0.2) is 0 Å². The van der Waals surface area contributed by atoms with E-state index in [-0.39, 0.29) is 0 Å². The van der Waals surface area contributed by atoms with Crippen molar-refractivity contribution in [2.45, 2.75) is 11.7 Å². The van der Waals surface area contributed by atoms with Crippen molar-refractivity contribution in [1.29, 1.82) is 0 Å². The predicted octanol–water partition coefficient (Wildman–Crippen LogP) is 0.801. The van der Waals surface area contributed by atoms with Crippen LogP contribution in [-0.4, -0.2) is 36.2 Å². The van der Waals surface area contributed by atoms with Crippen LogP contribution in [0.5, 0.6) is 0 Å². The molecular weight excluding hydrogens is 279 g/mol. The van der Waals surface area contributed by atoms with Crippen molar-refractivity contribution in [2.75, 3.05) is 12.9 Å². The van der Waals surface area contributed by atoms with Gasteiger partial charge >= 0.3 is 97.1 Å². The molecule has 0 aromatic heterocycles. The molecule has 1 rings (SSSR count). The summed E-state index contributed by atoms with van der Waals surface area (Å²) in [6, 6.07) is 10.2. The van der Waals surface area contributed by atoms with Gasteiger partial charge in [-0.3, -0.25) is 0 Å². The van der Waals surface area contributed by atoms with E-state index >= 15 is 0 Å². The van der Waals surface area contributed by atoms with Crippen LogP contribution in [0.25, 0.3) is 0 Å². The van der Waals surface area contributed by atoms with Gasteiger partial charge in [-0.2, -0.15) is 0 Å². The molecule has 1 aromatic carbocycles. The van der Waals surface area contributed by atoms with Crippen LogP contribution in [0.3, 0.4) is 0 Å². The summed E-state index contributed by atoms with van der Waals surface area (Å²) in [5, 5.41) is 1.01. The maximum atomic E-state index is 10.6. The molecular formula is C10H14O3SSe. The molecule has 0 amide bonds. The number of hydrogen-bond acceptors (Lipinski definition) is 3. The molecule has 1 aromatic rings. The molecule has 3 nitrogen and oxygen atoms in total. The van der Waals surface area contributed by atoms with Crippen LogP contribution < -0.4 is 4.46 Å². The van der Waals surface area contributed by atoms with Crippen LogP contribution >= 0.6 is 0 Å². The summed E-state index contributed by atoms with van der Waals surface area (Å²) in [6.45, 7) is 0.299. The Hall–Kier alpha value is -0.351. The minimum atomic E-state index is -3.26. The van der Waals surface area contributed by atoms with Gasteiger partial charge in [0.2, 0.25) is 0 Å². The van der Waals surface area contributed by atoms with Crippen molar-refractivity contribution >= 4 is 29.5 Å². The van der Waals surface area contributed by atoms with Crippen LogP contribution in [-0.2, 0) is 14.3 Å². The summed E-state index contributed by atoms with van der Waals surface area (Å²) >= 11 is 0.419. The predicted molar refractivity (Wildman–Crippen MR) is 62.0 cm³/mol. The zero-order valence-corrected chi connectivity index (χ0v) is 11.1. The van der Waals surface area contributed by atoms with E-state index in [0.717, 1.165) is 18.0 Å². The van der Waals surface area contributed by atoms with Crippen molar-refractivity contribution in [1.82, 2.24) is 0 Å². The fourth-order valence-corrected chi connectivity index (χ4v) is 3.17. The van der Waals surface area contributed by atoms with E-state index < -0.39 is 10.1 Å². The second-order valence-corrected chi connectivity index (χ2v) is 7.14. The van der Waals surface area contributed by atoms with Gasteiger partial charge in [0.05, 0.1) is 0 Å². The van der Waals surface area contributed by atoms with Crippen molar-refractivity contribution in [3.05, 3.63) is 30.3 Å². The van der Waals surface area contributed by atoms with Crippen LogP contribution in [0.1, 0.15) is 6.42 Å². The zero-order chi connectivity index (χ0) is 11.1. The number of benzene rings is 1. The monoisotopic (exact) mass is 294 g/mol. The fraction of sp³-hybridized carbons (Fsp3) is 0.400. The molecule has 84 valence electrons. The molecule has 0 unspecified atom stereocenters. The average Bonchev–Trinajstić information content (AvgIpc) is 2.17. The Balaban J connectivity index is 2.13. The molecule has 0 aliphatic carbocycles. The second-order valence-electron chi connectivity index (χ2n) is 3.04. The van der Waals surface area contributed by atoms with Crippen LogP contribution in [0.15, 0.2) is 30.3 Å². The Labute approximate surface area is 97.1 Å². The van der Waals surface area contributed by atoms with Crippen molar-refractivity contribution in [3.63, 3.8) is 0 Å². The first-order chi connectivity index (χ1) is 7.08. The molecule has 0 saturated heterocycles. The van der Waals surface area contributed by atoms with E-state index in [1.54, 1.807) is 0 Å². The van der Waals surface area contributed by atoms with E-state index in [2.05, 4.69) is 16.3 Å². The topological polar surface area (TPSA) is 43.4 Å². The summed E-state index contributed by atoms with van der Waals surface area (Å²) in [6.07, 6.45) is 1.87. The SMILES string of the molecule is CS(=O)(=O)OCCC[Se]c1ccccc1. The van der Waals surface area contributed by atoms with Crippen LogP contribution in [0, 0.1) is 0 Å². The first-order valence-corrected chi connectivity index (χ1v) is 8.48. The van der Waals surface area contributed by atoms with Crippen LogP contribution in [0.2, 0.25) is 5.32 Å². The third-order valence-electron chi connectivity index (χ3n) is 1.60. The van der Waals surface area contributed by atoms with Gasteiger partial charge in [0.25, 0.3) is 0 Å². The quantitative estimate of drug-likeness (QED) is 0.443.